The van der Waals surface area contributed by atoms with Crippen LogP contribution in [-0.2, 0) is 15.8 Å². The number of anilines is 1. The van der Waals surface area contributed by atoms with Crippen LogP contribution < -0.4 is 16.0 Å². The van der Waals surface area contributed by atoms with Crippen molar-refractivity contribution < 1.29 is 32.7 Å². The van der Waals surface area contributed by atoms with E-state index in [9.17, 15) is 32.7 Å². The number of alkyl halides is 3. The lowest BCUT2D eigenvalue weighted by atomic mass is 10.0. The molecule has 0 spiro atoms. The average molecular weight is 384 g/mol. The minimum Gasteiger partial charge on any atom is -0.372 e. The van der Waals surface area contributed by atoms with Crippen LogP contribution in [0.4, 0.5) is 23.7 Å². The molecule has 1 aliphatic rings. The zero-order valence-electron chi connectivity index (χ0n) is 13.2. The van der Waals surface area contributed by atoms with E-state index in [0.29, 0.717) is 6.07 Å². The van der Waals surface area contributed by atoms with E-state index in [4.69, 9.17) is 0 Å². The Balaban J connectivity index is 1.88. The molecule has 2 atom stereocenters. The van der Waals surface area contributed by atoms with Gasteiger partial charge in [0, 0.05) is 11.3 Å². The van der Waals surface area contributed by atoms with Gasteiger partial charge in [0.1, 0.15) is 11.9 Å². The second-order valence-corrected chi connectivity index (χ2v) is 5.49. The number of nitrogens with one attached hydrogen (secondary N) is 4. The number of H-pyrrole nitrogens is 1. The molecule has 4 amide bonds. The largest absolute Gasteiger partial charge is 0.417 e. The van der Waals surface area contributed by atoms with Gasteiger partial charge < -0.3 is 15.7 Å². The van der Waals surface area contributed by atoms with E-state index in [2.05, 4.69) is 20.7 Å². The van der Waals surface area contributed by atoms with Crippen molar-refractivity contribution in [2.24, 2.45) is 5.92 Å². The van der Waals surface area contributed by atoms with E-state index in [1.54, 1.807) is 5.32 Å². The first-order chi connectivity index (χ1) is 12.7. The van der Waals surface area contributed by atoms with Crippen LogP contribution in [0.3, 0.4) is 0 Å². The lowest BCUT2D eigenvalue weighted by Gasteiger charge is -2.26. The van der Waals surface area contributed by atoms with Gasteiger partial charge in [-0.05, 0) is 12.1 Å². The molecule has 5 N–H and O–H groups in total. The summed E-state index contributed by atoms with van der Waals surface area (Å²) in [4.78, 5) is 34.9. The fourth-order valence-corrected chi connectivity index (χ4v) is 2.48. The van der Waals surface area contributed by atoms with Gasteiger partial charge in [0.05, 0.1) is 11.8 Å². The van der Waals surface area contributed by atoms with E-state index in [1.807, 2.05) is 5.32 Å². The van der Waals surface area contributed by atoms with E-state index in [0.717, 1.165) is 12.3 Å². The highest BCUT2D eigenvalue weighted by Crippen LogP contribution is 2.37. The quantitative estimate of drug-likeness (QED) is 0.478. The first kappa shape index (κ1) is 18.3. The van der Waals surface area contributed by atoms with Crippen LogP contribution in [0.15, 0.2) is 24.4 Å². The molecule has 13 heteroatoms. The summed E-state index contributed by atoms with van der Waals surface area (Å²) in [6.45, 7) is 0. The van der Waals surface area contributed by atoms with Gasteiger partial charge in [-0.25, -0.2) is 4.79 Å². The van der Waals surface area contributed by atoms with E-state index < -0.39 is 41.7 Å². The van der Waals surface area contributed by atoms with Crippen LogP contribution in [0.5, 0.6) is 0 Å². The standard InChI is InChI=1S/C14H11F3N6O4/c15-14(16,17)7-3-5(1-2-6(7)8-4-18-23-22-8)19-10(24)9-11(25)20-13(27)21-12(9)26/h1-4,9,11,25H,(H,19,24)(H,18,22,23)(H2,20,21,26,27). The molecule has 1 aromatic heterocycles. The van der Waals surface area contributed by atoms with Gasteiger partial charge in [-0.3, -0.25) is 14.9 Å². The third-order valence-electron chi connectivity index (χ3n) is 3.68. The van der Waals surface area contributed by atoms with Gasteiger partial charge in [-0.15, -0.1) is 0 Å². The Bertz CT molecular complexity index is 899. The number of aliphatic hydroxyl groups is 1. The number of aliphatic hydroxyl groups excluding tert-OH is 1. The van der Waals surface area contributed by atoms with Gasteiger partial charge in [0.2, 0.25) is 11.8 Å². The highest BCUT2D eigenvalue weighted by atomic mass is 19.4. The summed E-state index contributed by atoms with van der Waals surface area (Å²) in [5, 5.41) is 24.7. The number of hydrogen-bond acceptors (Lipinski definition) is 6. The molecule has 2 heterocycles. The average Bonchev–Trinajstić information content (AvgIpc) is 3.07. The maximum absolute atomic E-state index is 13.4. The molecule has 0 aliphatic carbocycles. The van der Waals surface area contributed by atoms with Crippen molar-refractivity contribution in [1.29, 1.82) is 0 Å². The summed E-state index contributed by atoms with van der Waals surface area (Å²) < 4.78 is 40.1. The van der Waals surface area contributed by atoms with Gasteiger partial charge in [-0.2, -0.15) is 28.6 Å². The van der Waals surface area contributed by atoms with Gasteiger partial charge in [-0.1, -0.05) is 6.07 Å². The second kappa shape index (κ2) is 6.68. The molecular weight excluding hydrogens is 373 g/mol. The Morgan fingerprint density at radius 2 is 2.00 bits per heavy atom. The number of hydrogen-bond donors (Lipinski definition) is 5. The molecule has 1 saturated heterocycles. The number of aromatic amines is 1. The Morgan fingerprint density at radius 3 is 2.59 bits per heavy atom. The summed E-state index contributed by atoms with van der Waals surface area (Å²) in [6.07, 6.45) is -5.47. The Labute approximate surface area is 148 Å². The van der Waals surface area contributed by atoms with Gasteiger partial charge in [0.15, 0.2) is 5.92 Å². The van der Waals surface area contributed by atoms with Crippen molar-refractivity contribution in [3.63, 3.8) is 0 Å². The molecule has 27 heavy (non-hydrogen) atoms. The number of halogens is 3. The maximum atomic E-state index is 13.4. The number of rotatable bonds is 3. The second-order valence-electron chi connectivity index (χ2n) is 5.49. The lowest BCUT2D eigenvalue weighted by molar-refractivity contribution is -0.139. The Morgan fingerprint density at radius 1 is 1.26 bits per heavy atom. The van der Waals surface area contributed by atoms with Crippen molar-refractivity contribution in [3.8, 4) is 11.3 Å². The number of carbonyl (C=O) groups excluding carboxylic acids is 3. The lowest BCUT2D eigenvalue weighted by Crippen LogP contribution is -2.61. The summed E-state index contributed by atoms with van der Waals surface area (Å²) in [5.74, 6) is -3.91. The number of aromatic nitrogens is 3. The van der Waals surface area contributed by atoms with E-state index in [-0.39, 0.29) is 16.9 Å². The van der Waals surface area contributed by atoms with Crippen LogP contribution in [0.2, 0.25) is 0 Å². The van der Waals surface area contributed by atoms with E-state index in [1.165, 1.54) is 6.07 Å². The molecule has 0 bridgehead atoms. The highest BCUT2D eigenvalue weighted by molar-refractivity contribution is 6.12. The smallest absolute Gasteiger partial charge is 0.372 e. The number of carbonyl (C=O) groups is 3. The third-order valence-corrected chi connectivity index (χ3v) is 3.68. The summed E-state index contributed by atoms with van der Waals surface area (Å²) >= 11 is 0. The topological polar surface area (TPSA) is 149 Å². The maximum Gasteiger partial charge on any atom is 0.417 e. The van der Waals surface area contributed by atoms with Gasteiger partial charge >= 0.3 is 12.2 Å². The summed E-state index contributed by atoms with van der Waals surface area (Å²) in [5.41, 5.74) is -1.67. The fourth-order valence-electron chi connectivity index (χ4n) is 2.48. The van der Waals surface area contributed by atoms with Crippen molar-refractivity contribution in [3.05, 3.63) is 30.0 Å². The Kier molecular flexibility index (Phi) is 4.53. The van der Waals surface area contributed by atoms with E-state index >= 15 is 0 Å². The molecule has 142 valence electrons. The normalized spacial score (nSPS) is 20.0. The molecule has 1 aliphatic heterocycles. The molecule has 0 radical (unpaired) electrons. The first-order valence-electron chi connectivity index (χ1n) is 7.34. The number of imide groups is 1. The number of urea groups is 1. The number of nitrogens with zero attached hydrogens (tertiary/aromatic N) is 2. The molecule has 1 aromatic carbocycles. The zero-order valence-corrected chi connectivity index (χ0v) is 13.2. The van der Waals surface area contributed by atoms with Crippen molar-refractivity contribution in [2.75, 3.05) is 5.32 Å². The van der Waals surface area contributed by atoms with Crippen LogP contribution in [0.25, 0.3) is 11.3 Å². The summed E-state index contributed by atoms with van der Waals surface area (Å²) in [6, 6.07) is 1.92. The fraction of sp³-hybridized carbons (Fsp3) is 0.214. The van der Waals surface area contributed by atoms with Crippen molar-refractivity contribution in [1.82, 2.24) is 26.0 Å². The molecule has 1 fully saturated rings. The summed E-state index contributed by atoms with van der Waals surface area (Å²) in [7, 11) is 0. The van der Waals surface area contributed by atoms with Gasteiger partial charge in [0.25, 0.3) is 0 Å². The van der Waals surface area contributed by atoms with Crippen molar-refractivity contribution >= 4 is 23.5 Å². The van der Waals surface area contributed by atoms with Crippen LogP contribution >= 0.6 is 0 Å². The molecule has 3 rings (SSSR count). The van der Waals surface area contributed by atoms with Crippen LogP contribution in [0.1, 0.15) is 5.56 Å². The molecule has 0 saturated carbocycles. The van der Waals surface area contributed by atoms with Crippen molar-refractivity contribution in [2.45, 2.75) is 12.4 Å². The molecular formula is C14H11F3N6O4. The molecule has 10 nitrogen and oxygen atoms in total. The van der Waals surface area contributed by atoms with Crippen LogP contribution in [-0.4, -0.2) is 44.6 Å². The predicted molar refractivity (Wildman–Crippen MR) is 81.6 cm³/mol. The zero-order chi connectivity index (χ0) is 19.8. The highest BCUT2D eigenvalue weighted by Gasteiger charge is 2.40. The first-order valence-corrected chi connectivity index (χ1v) is 7.34. The monoisotopic (exact) mass is 384 g/mol. The molecule has 2 unspecified atom stereocenters. The minimum absolute atomic E-state index is 0.0509. The number of amides is 4. The number of benzene rings is 1. The predicted octanol–water partition coefficient (Wildman–Crippen LogP) is 0.203. The van der Waals surface area contributed by atoms with Crippen LogP contribution in [0, 0.1) is 5.92 Å². The SMILES string of the molecule is O=C1NC(=O)C(C(=O)Nc2ccc(-c3cn[nH]n3)c(C(F)(F)F)c2)C(O)N1. The minimum atomic E-state index is -4.76. The third kappa shape index (κ3) is 3.72. The Hall–Kier alpha value is -3.48. The molecule has 2 aromatic rings.